The number of rotatable bonds is 6. The van der Waals surface area contributed by atoms with E-state index in [1.165, 1.54) is 20.0 Å². The molecule has 4 heterocycles. The Hall–Kier alpha value is -4.58. The molecule has 6 rings (SSSR count). The summed E-state index contributed by atoms with van der Waals surface area (Å²) in [6.45, 7) is 8.21. The molecule has 0 amide bonds. The van der Waals surface area contributed by atoms with Crippen LogP contribution in [0.4, 0.5) is 0 Å². The number of fused-ring (bicyclic) bond motifs is 4. The molecule has 0 saturated heterocycles. The lowest BCUT2D eigenvalue weighted by atomic mass is 9.42. The Labute approximate surface area is 271 Å². The molecule has 3 aromatic heterocycles. The minimum Gasteiger partial charge on any atom is -0.482 e. The van der Waals surface area contributed by atoms with E-state index in [1.807, 2.05) is 13.8 Å². The first-order valence-electron chi connectivity index (χ1n) is 15.6. The first kappa shape index (κ1) is 32.4. The molecule has 3 aliphatic rings. The van der Waals surface area contributed by atoms with Crippen LogP contribution in [0.15, 0.2) is 64.3 Å². The van der Waals surface area contributed by atoms with E-state index < -0.39 is 70.1 Å². The fourth-order valence-corrected chi connectivity index (χ4v) is 8.52. The summed E-state index contributed by atoms with van der Waals surface area (Å²) >= 11 is 0. The number of aliphatic hydroxyl groups excluding tert-OH is 1. The zero-order valence-corrected chi connectivity index (χ0v) is 26.9. The van der Waals surface area contributed by atoms with Crippen LogP contribution in [0.2, 0.25) is 0 Å². The smallest absolute Gasteiger partial charge is 0.345 e. The molecule has 0 radical (unpaired) electrons. The molecule has 2 fully saturated rings. The van der Waals surface area contributed by atoms with Crippen molar-refractivity contribution in [1.82, 2.24) is 9.97 Å². The van der Waals surface area contributed by atoms with Crippen LogP contribution >= 0.6 is 0 Å². The standard InChI is InChI=1S/C35H38N2O10/c1-19(38)43-18-34(4)25-15-27(46-31(41)22-9-7-13-37-17-22)35(5)30(33(25,3)11-10-26(34)44-20(2)39)29(40)28-24(47-35)14-23(45-32(28)42)21-8-6-12-36-16-21/h6-9,12-14,16-17,25-27,29-30,40H,10-11,15,18H2,1-5H3/t25?,26-,27-,29-,30?,33-,34-,35+/m0/s1. The number of carbonyl (C=O) groups is 3. The molecule has 1 aliphatic heterocycles. The molecule has 47 heavy (non-hydrogen) atoms. The summed E-state index contributed by atoms with van der Waals surface area (Å²) in [5.41, 5.74) is -3.13. The number of carbonyl (C=O) groups excluding carboxylic acids is 3. The highest BCUT2D eigenvalue weighted by atomic mass is 16.6. The summed E-state index contributed by atoms with van der Waals surface area (Å²) in [4.78, 5) is 59.7. The number of nitrogens with zero attached hydrogens (tertiary/aromatic N) is 2. The van der Waals surface area contributed by atoms with Crippen LogP contribution in [-0.2, 0) is 23.8 Å². The number of pyridine rings is 2. The zero-order valence-electron chi connectivity index (χ0n) is 26.9. The number of hydrogen-bond acceptors (Lipinski definition) is 12. The van der Waals surface area contributed by atoms with Gasteiger partial charge in [0.15, 0.2) is 0 Å². The molecule has 2 unspecified atom stereocenters. The number of aromatic nitrogens is 2. The second-order valence-electron chi connectivity index (χ2n) is 13.5. The SMILES string of the molecule is CC(=O)OC[C@@]1(C)C2C[C@H](OC(=O)c3cccnc3)[C@@]3(C)Oc4cc(-c5cccnc5)oc(=O)c4[C@H](O)C3[C@@]2(C)CC[C@@H]1OC(C)=O. The van der Waals surface area contributed by atoms with Gasteiger partial charge in [-0.25, -0.2) is 9.59 Å². The molecule has 0 spiro atoms. The van der Waals surface area contributed by atoms with E-state index in [0.717, 1.165) is 0 Å². The summed E-state index contributed by atoms with van der Waals surface area (Å²) in [5, 5.41) is 12.3. The molecule has 2 aliphatic carbocycles. The molecule has 0 aromatic carbocycles. The maximum absolute atomic E-state index is 13.6. The fraction of sp³-hybridized carbons (Fsp3) is 0.486. The quantitative estimate of drug-likeness (QED) is 0.296. The van der Waals surface area contributed by atoms with Gasteiger partial charge in [-0.2, -0.15) is 0 Å². The van der Waals surface area contributed by atoms with E-state index in [2.05, 4.69) is 9.97 Å². The molecule has 248 valence electrons. The van der Waals surface area contributed by atoms with Crippen molar-refractivity contribution >= 4 is 17.9 Å². The predicted molar refractivity (Wildman–Crippen MR) is 165 cm³/mol. The Balaban J connectivity index is 1.51. The molecule has 8 atom stereocenters. The minimum atomic E-state index is -1.39. The summed E-state index contributed by atoms with van der Waals surface area (Å²) < 4.78 is 30.1. The molecule has 2 saturated carbocycles. The molecule has 1 N–H and O–H groups in total. The highest BCUT2D eigenvalue weighted by molar-refractivity contribution is 5.89. The van der Waals surface area contributed by atoms with Crippen LogP contribution in [0.25, 0.3) is 11.3 Å². The van der Waals surface area contributed by atoms with Crippen molar-refractivity contribution in [1.29, 1.82) is 0 Å². The first-order chi connectivity index (χ1) is 22.3. The van der Waals surface area contributed by atoms with E-state index in [9.17, 15) is 24.3 Å². The predicted octanol–water partition coefficient (Wildman–Crippen LogP) is 4.44. The van der Waals surface area contributed by atoms with Gasteiger partial charge in [0, 0.05) is 61.6 Å². The Kier molecular flexibility index (Phi) is 8.19. The zero-order chi connectivity index (χ0) is 33.7. The molecule has 0 bridgehead atoms. The maximum atomic E-state index is 13.6. The van der Waals surface area contributed by atoms with Crippen LogP contribution in [0.3, 0.4) is 0 Å². The van der Waals surface area contributed by atoms with E-state index in [-0.39, 0.29) is 35.7 Å². The normalized spacial score (nSPS) is 32.4. The number of hydrogen-bond donors (Lipinski definition) is 1. The number of ether oxygens (including phenoxy) is 4. The van der Waals surface area contributed by atoms with Crippen molar-refractivity contribution in [2.45, 2.75) is 77.8 Å². The summed E-state index contributed by atoms with van der Waals surface area (Å²) in [7, 11) is 0. The third kappa shape index (κ3) is 5.48. The van der Waals surface area contributed by atoms with Gasteiger partial charge in [0.2, 0.25) is 0 Å². The average molecular weight is 647 g/mol. The Morgan fingerprint density at radius 2 is 1.72 bits per heavy atom. The van der Waals surface area contributed by atoms with Gasteiger partial charge in [0.1, 0.15) is 41.5 Å². The van der Waals surface area contributed by atoms with E-state index in [1.54, 1.807) is 55.8 Å². The van der Waals surface area contributed by atoms with E-state index in [0.29, 0.717) is 18.4 Å². The third-order valence-electron chi connectivity index (χ3n) is 10.6. The highest BCUT2D eigenvalue weighted by Crippen LogP contribution is 2.67. The average Bonchev–Trinajstić information content (AvgIpc) is 3.03. The third-order valence-corrected chi connectivity index (χ3v) is 10.6. The first-order valence-corrected chi connectivity index (χ1v) is 15.6. The summed E-state index contributed by atoms with van der Waals surface area (Å²) in [6.07, 6.45) is 4.15. The lowest BCUT2D eigenvalue weighted by Crippen LogP contribution is -2.71. The molecule has 12 nitrogen and oxygen atoms in total. The number of esters is 3. The van der Waals surface area contributed by atoms with E-state index in [4.69, 9.17) is 23.4 Å². The second kappa shape index (κ2) is 11.9. The number of aliphatic hydroxyl groups is 1. The molecule has 3 aromatic rings. The van der Waals surface area contributed by atoms with Gasteiger partial charge >= 0.3 is 23.5 Å². The highest BCUT2D eigenvalue weighted by Gasteiger charge is 2.71. The second-order valence-corrected chi connectivity index (χ2v) is 13.5. The van der Waals surface area contributed by atoms with Crippen molar-refractivity contribution < 1.29 is 42.9 Å². The Morgan fingerprint density at radius 1 is 1.00 bits per heavy atom. The van der Waals surface area contributed by atoms with Crippen LogP contribution in [0, 0.1) is 22.7 Å². The fourth-order valence-electron chi connectivity index (χ4n) is 8.52. The Morgan fingerprint density at radius 3 is 2.36 bits per heavy atom. The van der Waals surface area contributed by atoms with Gasteiger partial charge in [-0.05, 0) is 61.8 Å². The van der Waals surface area contributed by atoms with Crippen molar-refractivity contribution in [2.75, 3.05) is 6.61 Å². The van der Waals surface area contributed by atoms with Gasteiger partial charge < -0.3 is 28.5 Å². The Bertz CT molecular complexity index is 1750. The molecular weight excluding hydrogens is 608 g/mol. The minimum absolute atomic E-state index is 0.0388. The largest absolute Gasteiger partial charge is 0.482 e. The summed E-state index contributed by atoms with van der Waals surface area (Å²) in [5.74, 6) is -2.56. The van der Waals surface area contributed by atoms with Crippen LogP contribution in [0.1, 0.15) is 75.9 Å². The van der Waals surface area contributed by atoms with Crippen molar-refractivity contribution in [3.05, 3.63) is 76.7 Å². The lowest BCUT2D eigenvalue weighted by Gasteiger charge is -2.66. The lowest BCUT2D eigenvalue weighted by molar-refractivity contribution is -0.266. The maximum Gasteiger partial charge on any atom is 0.345 e. The summed E-state index contributed by atoms with van der Waals surface area (Å²) in [6, 6.07) is 8.20. The van der Waals surface area contributed by atoms with Crippen LogP contribution < -0.4 is 10.4 Å². The van der Waals surface area contributed by atoms with Gasteiger partial charge in [-0.1, -0.05) is 13.8 Å². The van der Waals surface area contributed by atoms with Crippen molar-refractivity contribution in [3.63, 3.8) is 0 Å². The monoisotopic (exact) mass is 646 g/mol. The van der Waals surface area contributed by atoms with Gasteiger partial charge in [0.05, 0.1) is 11.7 Å². The van der Waals surface area contributed by atoms with Crippen molar-refractivity contribution in [2.24, 2.45) is 22.7 Å². The van der Waals surface area contributed by atoms with E-state index >= 15 is 0 Å². The van der Waals surface area contributed by atoms with Crippen molar-refractivity contribution in [3.8, 4) is 17.1 Å². The van der Waals surface area contributed by atoms with Crippen LogP contribution in [0.5, 0.6) is 5.75 Å². The van der Waals surface area contributed by atoms with Crippen LogP contribution in [-0.4, -0.2) is 57.4 Å². The van der Waals surface area contributed by atoms with Gasteiger partial charge in [-0.3, -0.25) is 19.6 Å². The van der Waals surface area contributed by atoms with Gasteiger partial charge in [0.25, 0.3) is 0 Å². The van der Waals surface area contributed by atoms with Gasteiger partial charge in [-0.15, -0.1) is 0 Å². The topological polar surface area (TPSA) is 164 Å². The molecule has 12 heteroatoms. The molecular formula is C35H38N2O10.